The maximum Gasteiger partial charge on any atom is 0.165 e. The third kappa shape index (κ3) is 1.89. The Labute approximate surface area is 78.9 Å². The molecule has 0 saturated carbocycles. The fourth-order valence-corrected chi connectivity index (χ4v) is 1.67. The molecule has 5 nitrogen and oxygen atoms in total. The lowest BCUT2D eigenvalue weighted by Gasteiger charge is -1.92. The zero-order valence-corrected chi connectivity index (χ0v) is 7.84. The molecule has 68 valence electrons. The van der Waals surface area contributed by atoms with Gasteiger partial charge in [-0.05, 0) is 6.92 Å². The van der Waals surface area contributed by atoms with Gasteiger partial charge >= 0.3 is 0 Å². The zero-order chi connectivity index (χ0) is 9.10. The highest BCUT2D eigenvalue weighted by Crippen LogP contribution is 2.18. The first-order valence-electron chi connectivity index (χ1n) is 3.76. The molecule has 2 aromatic heterocycles. The molecule has 2 aromatic rings. The van der Waals surface area contributed by atoms with Crippen molar-refractivity contribution in [3.8, 4) is 0 Å². The van der Waals surface area contributed by atoms with Gasteiger partial charge in [0, 0.05) is 18.1 Å². The Hall–Kier alpha value is -1.30. The van der Waals surface area contributed by atoms with Gasteiger partial charge in [-0.25, -0.2) is 9.61 Å². The molecule has 0 bridgehead atoms. The van der Waals surface area contributed by atoms with Gasteiger partial charge in [-0.1, -0.05) is 22.1 Å². The van der Waals surface area contributed by atoms with Crippen LogP contribution in [0.15, 0.2) is 22.2 Å². The van der Waals surface area contributed by atoms with Crippen LogP contribution in [0.2, 0.25) is 0 Å². The second-order valence-electron chi connectivity index (χ2n) is 2.48. The van der Waals surface area contributed by atoms with E-state index >= 15 is 0 Å². The lowest BCUT2D eigenvalue weighted by molar-refractivity contribution is 0.302. The van der Waals surface area contributed by atoms with Gasteiger partial charge in [0.05, 0.1) is 0 Å². The third-order valence-corrected chi connectivity index (χ3v) is 2.48. The van der Waals surface area contributed by atoms with E-state index < -0.39 is 0 Å². The topological polar surface area (TPSA) is 67.6 Å². The van der Waals surface area contributed by atoms with Gasteiger partial charge in [0.25, 0.3) is 0 Å². The molecule has 0 amide bonds. The van der Waals surface area contributed by atoms with Crippen LogP contribution in [0.1, 0.15) is 11.4 Å². The van der Waals surface area contributed by atoms with Gasteiger partial charge in [-0.2, -0.15) is 0 Å². The number of rotatable bonds is 3. The Morgan fingerprint density at radius 3 is 3.08 bits per heavy atom. The van der Waals surface area contributed by atoms with E-state index in [0.717, 1.165) is 22.3 Å². The summed E-state index contributed by atoms with van der Waals surface area (Å²) in [6, 6.07) is 0. The fourth-order valence-electron chi connectivity index (χ4n) is 0.847. The minimum Gasteiger partial charge on any atom is -0.340 e. The summed E-state index contributed by atoms with van der Waals surface area (Å²) in [7, 11) is 0. The number of imidazole rings is 1. The molecule has 0 aliphatic heterocycles. The van der Waals surface area contributed by atoms with Crippen LogP contribution in [-0.2, 0) is 5.75 Å². The maximum atomic E-state index is 4.57. The standard InChI is InChI=1S/C7H8N4OS/c1-5-6(11-12-10-5)4-13-7-8-2-3-9-7/h2-3H,4H2,1H3,(H,8,9). The van der Waals surface area contributed by atoms with Crippen LogP contribution in [0, 0.1) is 6.92 Å². The number of nitrogens with one attached hydrogen (secondary N) is 1. The van der Waals surface area contributed by atoms with Gasteiger partial charge in [-0.15, -0.1) is 0 Å². The van der Waals surface area contributed by atoms with E-state index in [1.54, 1.807) is 24.2 Å². The average molecular weight is 196 g/mol. The van der Waals surface area contributed by atoms with E-state index in [1.807, 2.05) is 6.92 Å². The van der Waals surface area contributed by atoms with Gasteiger partial charge < -0.3 is 4.98 Å². The van der Waals surface area contributed by atoms with Gasteiger partial charge in [0.15, 0.2) is 5.16 Å². The Morgan fingerprint density at radius 2 is 2.46 bits per heavy atom. The smallest absolute Gasteiger partial charge is 0.165 e. The number of H-pyrrole nitrogens is 1. The van der Waals surface area contributed by atoms with Gasteiger partial charge in [-0.3, -0.25) is 0 Å². The molecule has 1 N–H and O–H groups in total. The maximum absolute atomic E-state index is 4.57. The average Bonchev–Trinajstić information content (AvgIpc) is 2.72. The Bertz CT molecular complexity index is 370. The molecule has 0 aromatic carbocycles. The minimum atomic E-state index is 0.725. The SMILES string of the molecule is Cc1nonc1CSc1ncc[nH]1. The number of nitrogens with zero attached hydrogens (tertiary/aromatic N) is 3. The second-order valence-corrected chi connectivity index (χ2v) is 3.44. The number of aromatic nitrogens is 4. The van der Waals surface area contributed by atoms with Gasteiger partial charge in [0.1, 0.15) is 11.4 Å². The lowest BCUT2D eigenvalue weighted by atomic mass is 10.4. The Kier molecular flexibility index (Phi) is 2.31. The number of hydrogen-bond donors (Lipinski definition) is 1. The van der Waals surface area contributed by atoms with Crippen molar-refractivity contribution < 1.29 is 4.63 Å². The quantitative estimate of drug-likeness (QED) is 0.751. The molecule has 0 saturated heterocycles. The van der Waals surface area contributed by atoms with Crippen molar-refractivity contribution in [2.45, 2.75) is 17.8 Å². The molecule has 0 radical (unpaired) electrons. The van der Waals surface area contributed by atoms with Crippen LogP contribution in [0.4, 0.5) is 0 Å². The second kappa shape index (κ2) is 3.61. The van der Waals surface area contributed by atoms with E-state index in [0.29, 0.717) is 0 Å². The summed E-state index contributed by atoms with van der Waals surface area (Å²) in [4.78, 5) is 7.07. The summed E-state index contributed by atoms with van der Waals surface area (Å²) in [6.45, 7) is 1.87. The Morgan fingerprint density at radius 1 is 1.54 bits per heavy atom. The van der Waals surface area contributed by atoms with Crippen molar-refractivity contribution in [2.75, 3.05) is 0 Å². The van der Waals surface area contributed by atoms with Crippen molar-refractivity contribution in [1.82, 2.24) is 20.3 Å². The molecule has 0 atom stereocenters. The summed E-state index contributed by atoms with van der Waals surface area (Å²) in [5.41, 5.74) is 1.69. The van der Waals surface area contributed by atoms with Crippen LogP contribution in [0.25, 0.3) is 0 Å². The number of thioether (sulfide) groups is 1. The summed E-state index contributed by atoms with van der Waals surface area (Å²) >= 11 is 1.57. The molecule has 0 unspecified atom stereocenters. The molecule has 2 rings (SSSR count). The first kappa shape index (κ1) is 8.31. The number of aromatic amines is 1. The monoisotopic (exact) mass is 196 g/mol. The highest BCUT2D eigenvalue weighted by Gasteiger charge is 2.05. The van der Waals surface area contributed by atoms with E-state index in [9.17, 15) is 0 Å². The number of hydrogen-bond acceptors (Lipinski definition) is 5. The zero-order valence-electron chi connectivity index (χ0n) is 7.02. The normalized spacial score (nSPS) is 10.5. The van der Waals surface area contributed by atoms with Crippen molar-refractivity contribution in [2.24, 2.45) is 0 Å². The van der Waals surface area contributed by atoms with Crippen LogP contribution < -0.4 is 0 Å². The molecule has 0 aliphatic rings. The van der Waals surface area contributed by atoms with Crippen molar-refractivity contribution >= 4 is 11.8 Å². The first-order chi connectivity index (χ1) is 6.36. The van der Waals surface area contributed by atoms with Crippen LogP contribution in [0.3, 0.4) is 0 Å². The van der Waals surface area contributed by atoms with E-state index in [-0.39, 0.29) is 0 Å². The number of aryl methyl sites for hydroxylation is 1. The molecular formula is C7H8N4OS. The van der Waals surface area contributed by atoms with Crippen LogP contribution >= 0.6 is 11.8 Å². The summed E-state index contributed by atoms with van der Waals surface area (Å²) in [6.07, 6.45) is 3.51. The van der Waals surface area contributed by atoms with E-state index in [4.69, 9.17) is 0 Å². The minimum absolute atomic E-state index is 0.725. The van der Waals surface area contributed by atoms with E-state index in [2.05, 4.69) is 24.9 Å². The summed E-state index contributed by atoms with van der Waals surface area (Å²) in [5.74, 6) is 0.725. The highest BCUT2D eigenvalue weighted by molar-refractivity contribution is 7.98. The van der Waals surface area contributed by atoms with Crippen molar-refractivity contribution in [1.29, 1.82) is 0 Å². The van der Waals surface area contributed by atoms with Crippen molar-refractivity contribution in [3.05, 3.63) is 23.8 Å². The fraction of sp³-hybridized carbons (Fsp3) is 0.286. The van der Waals surface area contributed by atoms with E-state index in [1.165, 1.54) is 0 Å². The van der Waals surface area contributed by atoms with Crippen molar-refractivity contribution in [3.63, 3.8) is 0 Å². The molecule has 2 heterocycles. The summed E-state index contributed by atoms with van der Waals surface area (Å²) < 4.78 is 4.57. The third-order valence-electron chi connectivity index (χ3n) is 1.57. The molecule has 13 heavy (non-hydrogen) atoms. The summed E-state index contributed by atoms with van der Waals surface area (Å²) in [5, 5.41) is 8.33. The largest absolute Gasteiger partial charge is 0.340 e. The predicted octanol–water partition coefficient (Wildman–Crippen LogP) is 1.39. The molecule has 0 fully saturated rings. The first-order valence-corrected chi connectivity index (χ1v) is 4.75. The highest BCUT2D eigenvalue weighted by atomic mass is 32.2. The van der Waals surface area contributed by atoms with Gasteiger partial charge in [0.2, 0.25) is 0 Å². The van der Waals surface area contributed by atoms with Crippen LogP contribution in [0.5, 0.6) is 0 Å². The molecule has 6 heteroatoms. The lowest BCUT2D eigenvalue weighted by Crippen LogP contribution is -1.85. The predicted molar refractivity (Wildman–Crippen MR) is 47.2 cm³/mol. The van der Waals surface area contributed by atoms with Crippen LogP contribution in [-0.4, -0.2) is 20.3 Å². The molecule has 0 aliphatic carbocycles. The Balaban J connectivity index is 1.97. The molecule has 0 spiro atoms. The molecular weight excluding hydrogens is 188 g/mol.